The first-order chi connectivity index (χ1) is 7.24. The maximum Gasteiger partial charge on any atom is 0.271 e. The predicted octanol–water partition coefficient (Wildman–Crippen LogP) is 1.74. The summed E-state index contributed by atoms with van der Waals surface area (Å²) in [4.78, 5) is 11.8. The monoisotopic (exact) mass is 202 g/mol. The molecular weight excluding hydrogens is 188 g/mol. The van der Waals surface area contributed by atoms with Gasteiger partial charge in [0, 0.05) is 18.8 Å². The smallest absolute Gasteiger partial charge is 0.271 e. The molecule has 0 unspecified atom stereocenters. The number of benzene rings is 1. The highest BCUT2D eigenvalue weighted by atomic mass is 16.1. The molecule has 1 heterocycles. The molecular formula is C12H14N2O. The lowest BCUT2D eigenvalue weighted by Gasteiger charge is -2.08. The Morgan fingerprint density at radius 2 is 1.87 bits per heavy atom. The lowest BCUT2D eigenvalue weighted by atomic mass is 10.3. The van der Waals surface area contributed by atoms with Crippen molar-refractivity contribution < 1.29 is 0 Å². The fourth-order valence-corrected chi connectivity index (χ4v) is 1.77. The molecule has 1 aromatic carbocycles. The van der Waals surface area contributed by atoms with Crippen LogP contribution in [0.5, 0.6) is 0 Å². The van der Waals surface area contributed by atoms with Gasteiger partial charge in [-0.15, -0.1) is 0 Å². The van der Waals surface area contributed by atoms with Gasteiger partial charge in [-0.05, 0) is 18.6 Å². The lowest BCUT2D eigenvalue weighted by molar-refractivity contribution is 0.618. The Hall–Kier alpha value is -1.77. The largest absolute Gasteiger partial charge is 0.285 e. The molecule has 0 saturated heterocycles. The number of para-hydroxylation sites is 1. The molecule has 0 radical (unpaired) electrons. The highest BCUT2D eigenvalue weighted by Crippen LogP contribution is 2.06. The second kappa shape index (κ2) is 3.77. The third-order valence-corrected chi connectivity index (χ3v) is 2.58. The van der Waals surface area contributed by atoms with E-state index in [2.05, 4.69) is 0 Å². The standard InChI is InChI=1S/C12H14N2O/c1-3-10-9-12(15)14(13(10)2)11-7-5-4-6-8-11/h4-9H,3H2,1-2H3. The summed E-state index contributed by atoms with van der Waals surface area (Å²) in [6, 6.07) is 11.4. The van der Waals surface area contributed by atoms with Gasteiger partial charge in [0.25, 0.3) is 5.56 Å². The third-order valence-electron chi connectivity index (χ3n) is 2.58. The normalized spacial score (nSPS) is 10.5. The van der Waals surface area contributed by atoms with Crippen LogP contribution in [-0.2, 0) is 13.5 Å². The van der Waals surface area contributed by atoms with Crippen LogP contribution >= 0.6 is 0 Å². The van der Waals surface area contributed by atoms with Crippen LogP contribution in [0.15, 0.2) is 41.2 Å². The molecule has 2 aromatic rings. The van der Waals surface area contributed by atoms with Crippen LogP contribution < -0.4 is 5.56 Å². The van der Waals surface area contributed by atoms with Gasteiger partial charge in [-0.1, -0.05) is 25.1 Å². The summed E-state index contributed by atoms with van der Waals surface area (Å²) in [7, 11) is 1.91. The van der Waals surface area contributed by atoms with E-state index in [0.29, 0.717) is 0 Å². The van der Waals surface area contributed by atoms with E-state index in [1.54, 1.807) is 10.7 Å². The second-order valence-electron chi connectivity index (χ2n) is 3.50. The lowest BCUT2D eigenvalue weighted by Crippen LogP contribution is -2.19. The predicted molar refractivity (Wildman–Crippen MR) is 60.4 cm³/mol. The SMILES string of the molecule is CCc1cc(=O)n(-c2ccccc2)n1C. The van der Waals surface area contributed by atoms with Gasteiger partial charge in [-0.3, -0.25) is 9.48 Å². The van der Waals surface area contributed by atoms with Crippen LogP contribution in [0, 0.1) is 0 Å². The molecule has 0 aliphatic heterocycles. The summed E-state index contributed by atoms with van der Waals surface area (Å²) < 4.78 is 3.58. The zero-order chi connectivity index (χ0) is 10.8. The van der Waals surface area contributed by atoms with Crippen molar-refractivity contribution in [3.05, 3.63) is 52.4 Å². The molecule has 0 spiro atoms. The van der Waals surface area contributed by atoms with Gasteiger partial charge in [0.05, 0.1) is 5.69 Å². The zero-order valence-electron chi connectivity index (χ0n) is 8.97. The number of aromatic nitrogens is 2. The summed E-state index contributed by atoms with van der Waals surface area (Å²) in [6.07, 6.45) is 0.867. The van der Waals surface area contributed by atoms with Crippen molar-refractivity contribution in [2.24, 2.45) is 7.05 Å². The Kier molecular flexibility index (Phi) is 2.46. The molecule has 0 aliphatic rings. The Labute approximate surface area is 88.6 Å². The quantitative estimate of drug-likeness (QED) is 0.728. The number of rotatable bonds is 2. The van der Waals surface area contributed by atoms with Crippen LogP contribution in [-0.4, -0.2) is 9.36 Å². The highest BCUT2D eigenvalue weighted by molar-refractivity contribution is 5.31. The van der Waals surface area contributed by atoms with E-state index in [9.17, 15) is 4.79 Å². The number of aryl methyl sites for hydroxylation is 1. The van der Waals surface area contributed by atoms with Crippen LogP contribution in [0.3, 0.4) is 0 Å². The third kappa shape index (κ3) is 1.61. The minimum absolute atomic E-state index is 0.0283. The van der Waals surface area contributed by atoms with Gasteiger partial charge < -0.3 is 0 Å². The maximum absolute atomic E-state index is 11.8. The zero-order valence-corrected chi connectivity index (χ0v) is 8.97. The second-order valence-corrected chi connectivity index (χ2v) is 3.50. The van der Waals surface area contributed by atoms with Crippen molar-refractivity contribution in [1.29, 1.82) is 0 Å². The van der Waals surface area contributed by atoms with E-state index in [1.165, 1.54) is 0 Å². The number of nitrogens with zero attached hydrogens (tertiary/aromatic N) is 2. The van der Waals surface area contributed by atoms with Crippen molar-refractivity contribution in [3.63, 3.8) is 0 Å². The molecule has 0 saturated carbocycles. The average Bonchev–Trinajstić information content (AvgIpc) is 2.55. The Morgan fingerprint density at radius 3 is 2.40 bits per heavy atom. The van der Waals surface area contributed by atoms with Gasteiger partial charge >= 0.3 is 0 Å². The van der Waals surface area contributed by atoms with Crippen molar-refractivity contribution in [3.8, 4) is 5.69 Å². The molecule has 15 heavy (non-hydrogen) atoms. The van der Waals surface area contributed by atoms with Crippen molar-refractivity contribution >= 4 is 0 Å². The Balaban J connectivity index is 2.64. The fraction of sp³-hybridized carbons (Fsp3) is 0.250. The molecule has 78 valence electrons. The summed E-state index contributed by atoms with van der Waals surface area (Å²) in [6.45, 7) is 2.05. The van der Waals surface area contributed by atoms with E-state index in [0.717, 1.165) is 17.8 Å². The average molecular weight is 202 g/mol. The first-order valence-corrected chi connectivity index (χ1v) is 5.07. The summed E-state index contributed by atoms with van der Waals surface area (Å²) in [5, 5.41) is 0. The minimum atomic E-state index is 0.0283. The minimum Gasteiger partial charge on any atom is -0.285 e. The molecule has 0 fully saturated rings. The topological polar surface area (TPSA) is 26.9 Å². The molecule has 0 atom stereocenters. The van der Waals surface area contributed by atoms with Crippen LogP contribution in [0.1, 0.15) is 12.6 Å². The van der Waals surface area contributed by atoms with Crippen molar-refractivity contribution in [2.45, 2.75) is 13.3 Å². The molecule has 0 bridgehead atoms. The number of hydrogen-bond donors (Lipinski definition) is 0. The van der Waals surface area contributed by atoms with Gasteiger partial charge in [0.2, 0.25) is 0 Å². The molecule has 2 rings (SSSR count). The molecule has 3 heteroatoms. The molecule has 0 amide bonds. The first kappa shape index (κ1) is 9.77. The Morgan fingerprint density at radius 1 is 1.20 bits per heavy atom. The van der Waals surface area contributed by atoms with Crippen LogP contribution in [0.2, 0.25) is 0 Å². The van der Waals surface area contributed by atoms with Gasteiger partial charge in [-0.2, -0.15) is 0 Å². The number of hydrogen-bond acceptors (Lipinski definition) is 1. The summed E-state index contributed by atoms with van der Waals surface area (Å²) in [5.74, 6) is 0. The summed E-state index contributed by atoms with van der Waals surface area (Å²) >= 11 is 0. The van der Waals surface area contributed by atoms with E-state index >= 15 is 0 Å². The summed E-state index contributed by atoms with van der Waals surface area (Å²) in [5.41, 5.74) is 1.98. The van der Waals surface area contributed by atoms with Gasteiger partial charge in [0.1, 0.15) is 0 Å². The molecule has 0 N–H and O–H groups in total. The van der Waals surface area contributed by atoms with E-state index < -0.39 is 0 Å². The van der Waals surface area contributed by atoms with E-state index in [1.807, 2.05) is 49.0 Å². The molecule has 3 nitrogen and oxygen atoms in total. The maximum atomic E-state index is 11.8. The first-order valence-electron chi connectivity index (χ1n) is 5.07. The Bertz CT molecular complexity index is 508. The highest BCUT2D eigenvalue weighted by Gasteiger charge is 2.07. The van der Waals surface area contributed by atoms with E-state index in [-0.39, 0.29) is 5.56 Å². The van der Waals surface area contributed by atoms with Crippen LogP contribution in [0.4, 0.5) is 0 Å². The van der Waals surface area contributed by atoms with Crippen molar-refractivity contribution in [2.75, 3.05) is 0 Å². The van der Waals surface area contributed by atoms with Gasteiger partial charge in [0.15, 0.2) is 0 Å². The molecule has 1 aromatic heterocycles. The van der Waals surface area contributed by atoms with Crippen molar-refractivity contribution in [1.82, 2.24) is 9.36 Å². The fourth-order valence-electron chi connectivity index (χ4n) is 1.77. The van der Waals surface area contributed by atoms with Crippen LogP contribution in [0.25, 0.3) is 5.69 Å². The van der Waals surface area contributed by atoms with Gasteiger partial charge in [-0.25, -0.2) is 4.68 Å². The van der Waals surface area contributed by atoms with E-state index in [4.69, 9.17) is 0 Å². The molecule has 0 aliphatic carbocycles.